The van der Waals surface area contributed by atoms with Crippen LogP contribution in [0.2, 0.25) is 0 Å². The molecule has 0 aromatic heterocycles. The normalized spacial score (nSPS) is 23.5. The molecule has 1 saturated heterocycles. The minimum atomic E-state index is 0.113. The van der Waals surface area contributed by atoms with Crippen molar-refractivity contribution in [2.45, 2.75) is 105 Å². The highest BCUT2D eigenvalue weighted by molar-refractivity contribution is 5.75. The first-order valence-electron chi connectivity index (χ1n) is 9.85. The summed E-state index contributed by atoms with van der Waals surface area (Å²) in [5.74, 6) is 0.273. The number of hydrogen-bond acceptors (Lipinski definition) is 2. The first-order chi connectivity index (χ1) is 11.7. The molecule has 142 valence electrons. The molecule has 0 aromatic carbocycles. The minimum absolute atomic E-state index is 0.113. The smallest absolute Gasteiger partial charge is 0.130 e. The van der Waals surface area contributed by atoms with Crippen molar-refractivity contribution in [3.05, 3.63) is 34.9 Å². The molecule has 1 fully saturated rings. The predicted octanol–water partition coefficient (Wildman–Crippen LogP) is 6.71. The molecular weight excluding hydrogens is 308 g/mol. The molecule has 0 radical (unpaired) electrons. The van der Waals surface area contributed by atoms with E-state index >= 15 is 0 Å². The van der Waals surface area contributed by atoms with Crippen LogP contribution in [0.3, 0.4) is 0 Å². The van der Waals surface area contributed by atoms with E-state index in [4.69, 9.17) is 4.74 Å². The number of epoxide rings is 1. The highest BCUT2D eigenvalue weighted by Gasteiger charge is 2.50. The SMILES string of the molecule is CC(=O)CC/C=C(/C)CC/C=C(\C)CCC1OC1(C)CCC=C(C)C. The molecule has 1 rings (SSSR count). The van der Waals surface area contributed by atoms with Crippen LogP contribution >= 0.6 is 0 Å². The molecule has 0 aliphatic carbocycles. The lowest BCUT2D eigenvalue weighted by Gasteiger charge is -2.05. The van der Waals surface area contributed by atoms with E-state index in [9.17, 15) is 4.79 Å². The third-order valence-corrected chi connectivity index (χ3v) is 5.05. The third kappa shape index (κ3) is 9.79. The maximum absolute atomic E-state index is 10.9. The molecule has 0 amide bonds. The molecule has 25 heavy (non-hydrogen) atoms. The number of carbonyl (C=O) groups is 1. The number of Topliss-reactive ketones (excluding diaryl/α,β-unsaturated/α-hetero) is 1. The van der Waals surface area contributed by atoms with Gasteiger partial charge in [0.1, 0.15) is 5.78 Å². The van der Waals surface area contributed by atoms with Gasteiger partial charge in [-0.1, -0.05) is 34.9 Å². The monoisotopic (exact) mass is 346 g/mol. The van der Waals surface area contributed by atoms with Gasteiger partial charge < -0.3 is 9.53 Å². The van der Waals surface area contributed by atoms with E-state index in [0.29, 0.717) is 12.5 Å². The van der Waals surface area contributed by atoms with Gasteiger partial charge in [-0.05, 0) is 86.5 Å². The van der Waals surface area contributed by atoms with Gasteiger partial charge in [-0.3, -0.25) is 0 Å². The fourth-order valence-corrected chi connectivity index (χ4v) is 3.15. The van der Waals surface area contributed by atoms with Gasteiger partial charge in [0.05, 0.1) is 11.7 Å². The lowest BCUT2D eigenvalue weighted by Crippen LogP contribution is -2.09. The second-order valence-electron chi connectivity index (χ2n) is 8.16. The lowest BCUT2D eigenvalue weighted by atomic mass is 9.96. The van der Waals surface area contributed by atoms with Gasteiger partial charge in [0.15, 0.2) is 0 Å². The fourth-order valence-electron chi connectivity index (χ4n) is 3.15. The summed E-state index contributed by atoms with van der Waals surface area (Å²) in [4.78, 5) is 10.9. The number of allylic oxidation sites excluding steroid dienone is 6. The lowest BCUT2D eigenvalue weighted by molar-refractivity contribution is -0.116. The van der Waals surface area contributed by atoms with E-state index in [-0.39, 0.29) is 11.4 Å². The Bertz CT molecular complexity index is 520. The zero-order valence-corrected chi connectivity index (χ0v) is 17.3. The Morgan fingerprint density at radius 2 is 1.48 bits per heavy atom. The Morgan fingerprint density at radius 1 is 0.880 bits per heavy atom. The largest absolute Gasteiger partial charge is 0.366 e. The van der Waals surface area contributed by atoms with Gasteiger partial charge in [0.2, 0.25) is 0 Å². The molecular formula is C23H38O2. The number of rotatable bonds is 12. The fraction of sp³-hybridized carbons (Fsp3) is 0.696. The van der Waals surface area contributed by atoms with E-state index in [1.807, 2.05) is 0 Å². The number of carbonyl (C=O) groups excluding carboxylic acids is 1. The van der Waals surface area contributed by atoms with Gasteiger partial charge in [-0.15, -0.1) is 0 Å². The van der Waals surface area contributed by atoms with Crippen LogP contribution in [-0.4, -0.2) is 17.5 Å². The van der Waals surface area contributed by atoms with Gasteiger partial charge in [0, 0.05) is 6.42 Å². The maximum atomic E-state index is 10.9. The van der Waals surface area contributed by atoms with E-state index in [2.05, 4.69) is 52.8 Å². The summed E-state index contributed by atoms with van der Waals surface area (Å²) in [5, 5.41) is 0. The second kappa shape index (κ2) is 10.8. The topological polar surface area (TPSA) is 29.6 Å². The Balaban J connectivity index is 2.20. The molecule has 2 atom stereocenters. The number of hydrogen-bond donors (Lipinski definition) is 0. The van der Waals surface area contributed by atoms with Gasteiger partial charge in [-0.2, -0.15) is 0 Å². The average molecular weight is 347 g/mol. The van der Waals surface area contributed by atoms with Crippen LogP contribution in [0.4, 0.5) is 0 Å². The maximum Gasteiger partial charge on any atom is 0.130 e. The number of ether oxygens (including phenoxy) is 1. The van der Waals surface area contributed by atoms with Gasteiger partial charge >= 0.3 is 0 Å². The van der Waals surface area contributed by atoms with E-state index in [1.165, 1.54) is 16.7 Å². The van der Waals surface area contributed by atoms with Crippen molar-refractivity contribution >= 4 is 5.78 Å². The van der Waals surface area contributed by atoms with Crippen molar-refractivity contribution in [1.82, 2.24) is 0 Å². The predicted molar refractivity (Wildman–Crippen MR) is 108 cm³/mol. The molecule has 2 heteroatoms. The third-order valence-electron chi connectivity index (χ3n) is 5.05. The van der Waals surface area contributed by atoms with Gasteiger partial charge in [0.25, 0.3) is 0 Å². The van der Waals surface area contributed by atoms with Crippen LogP contribution < -0.4 is 0 Å². The van der Waals surface area contributed by atoms with Crippen molar-refractivity contribution in [2.75, 3.05) is 0 Å². The Labute approximate surface area is 155 Å². The summed E-state index contributed by atoms with van der Waals surface area (Å²) in [6.07, 6.45) is 15.6. The summed E-state index contributed by atoms with van der Waals surface area (Å²) >= 11 is 0. The minimum Gasteiger partial charge on any atom is -0.366 e. The van der Waals surface area contributed by atoms with Crippen LogP contribution in [-0.2, 0) is 9.53 Å². The van der Waals surface area contributed by atoms with Crippen LogP contribution in [0, 0.1) is 0 Å². The average Bonchev–Trinajstić information content (AvgIpc) is 3.14. The van der Waals surface area contributed by atoms with E-state index < -0.39 is 0 Å². The van der Waals surface area contributed by atoms with Crippen LogP contribution in [0.5, 0.6) is 0 Å². The molecule has 0 saturated carbocycles. The number of ketones is 1. The molecule has 0 spiro atoms. The van der Waals surface area contributed by atoms with E-state index in [0.717, 1.165) is 44.9 Å². The molecule has 0 aromatic rings. The van der Waals surface area contributed by atoms with Crippen molar-refractivity contribution in [2.24, 2.45) is 0 Å². The molecule has 2 unspecified atom stereocenters. The summed E-state index contributed by atoms with van der Waals surface area (Å²) in [6.45, 7) is 12.6. The molecule has 1 heterocycles. The van der Waals surface area contributed by atoms with E-state index in [1.54, 1.807) is 6.92 Å². The molecule has 0 bridgehead atoms. The van der Waals surface area contributed by atoms with Crippen LogP contribution in [0.15, 0.2) is 34.9 Å². The van der Waals surface area contributed by atoms with Crippen LogP contribution in [0.25, 0.3) is 0 Å². The second-order valence-corrected chi connectivity index (χ2v) is 8.16. The Kier molecular flexibility index (Phi) is 9.42. The summed E-state index contributed by atoms with van der Waals surface area (Å²) in [5.41, 5.74) is 4.37. The zero-order valence-electron chi connectivity index (χ0n) is 17.3. The molecule has 0 N–H and O–H groups in total. The zero-order chi connectivity index (χ0) is 18.9. The Morgan fingerprint density at radius 3 is 2.08 bits per heavy atom. The van der Waals surface area contributed by atoms with Gasteiger partial charge in [-0.25, -0.2) is 0 Å². The van der Waals surface area contributed by atoms with Crippen molar-refractivity contribution in [1.29, 1.82) is 0 Å². The molecule has 1 aliphatic heterocycles. The Hall–Kier alpha value is -1.15. The summed E-state index contributed by atoms with van der Waals surface area (Å²) < 4.78 is 5.95. The first kappa shape index (κ1) is 21.9. The molecule has 1 aliphatic rings. The van der Waals surface area contributed by atoms with Crippen molar-refractivity contribution in [3.8, 4) is 0 Å². The quantitative estimate of drug-likeness (QED) is 0.290. The summed E-state index contributed by atoms with van der Waals surface area (Å²) in [7, 11) is 0. The standard InChI is InChI=1S/C23H38O2/c1-18(2)10-9-17-23(6)22(25-23)16-15-20(4)12-7-11-19(3)13-8-14-21(5)24/h10,12-13,22H,7-9,11,14-17H2,1-6H3/b19-13-,20-12+. The van der Waals surface area contributed by atoms with Crippen molar-refractivity contribution in [3.63, 3.8) is 0 Å². The van der Waals surface area contributed by atoms with Crippen LogP contribution in [0.1, 0.15) is 92.9 Å². The first-order valence-corrected chi connectivity index (χ1v) is 9.85. The molecule has 2 nitrogen and oxygen atoms in total. The van der Waals surface area contributed by atoms with Crippen molar-refractivity contribution < 1.29 is 9.53 Å². The highest BCUT2D eigenvalue weighted by Crippen LogP contribution is 2.43. The highest BCUT2D eigenvalue weighted by atomic mass is 16.6. The summed E-state index contributed by atoms with van der Waals surface area (Å²) in [6, 6.07) is 0.